The van der Waals surface area contributed by atoms with Crippen molar-refractivity contribution in [2.45, 2.75) is 89.9 Å². The second-order valence-corrected chi connectivity index (χ2v) is 10.6. The Labute approximate surface area is 188 Å². The van der Waals surface area contributed by atoms with Crippen LogP contribution in [0.2, 0.25) is 0 Å². The molecule has 0 aromatic heterocycles. The molecule has 0 radical (unpaired) electrons. The first kappa shape index (κ1) is 22.7. The Morgan fingerprint density at radius 1 is 0.839 bits per heavy atom. The van der Waals surface area contributed by atoms with Crippen LogP contribution >= 0.6 is 0 Å². The summed E-state index contributed by atoms with van der Waals surface area (Å²) in [6, 6.07) is 3.25. The summed E-state index contributed by atoms with van der Waals surface area (Å²) in [6.07, 6.45) is 20.2. The monoisotopic (exact) mass is 426 g/mol. The van der Waals surface area contributed by atoms with Gasteiger partial charge in [-0.2, -0.15) is 0 Å². The summed E-state index contributed by atoms with van der Waals surface area (Å²) in [5.74, 6) is 3.94. The van der Waals surface area contributed by atoms with Gasteiger partial charge in [0.1, 0.15) is 11.6 Å². The third-order valence-electron chi connectivity index (χ3n) is 8.90. The van der Waals surface area contributed by atoms with Gasteiger partial charge in [-0.05, 0) is 137 Å². The maximum Gasteiger partial charge on any atom is 0.129 e. The zero-order valence-electron chi connectivity index (χ0n) is 19.3. The van der Waals surface area contributed by atoms with Crippen LogP contribution in [0.15, 0.2) is 36.9 Å². The second-order valence-electron chi connectivity index (χ2n) is 10.6. The third kappa shape index (κ3) is 5.32. The predicted molar refractivity (Wildman–Crippen MR) is 126 cm³/mol. The van der Waals surface area contributed by atoms with E-state index in [9.17, 15) is 8.78 Å². The highest BCUT2D eigenvalue weighted by atomic mass is 19.1. The normalized spacial score (nSPS) is 33.9. The van der Waals surface area contributed by atoms with Crippen LogP contribution in [-0.4, -0.2) is 0 Å². The lowest BCUT2D eigenvalue weighted by Gasteiger charge is -2.45. The molecule has 3 aliphatic rings. The molecule has 0 amide bonds. The highest BCUT2D eigenvalue weighted by molar-refractivity contribution is 5.29. The number of allylic oxidation sites excluding steroid dienone is 3. The lowest BCUT2D eigenvalue weighted by atomic mass is 9.61. The molecule has 2 heteroatoms. The fourth-order valence-electron chi connectivity index (χ4n) is 7.02. The van der Waals surface area contributed by atoms with Gasteiger partial charge in [-0.15, -0.1) is 6.58 Å². The quantitative estimate of drug-likeness (QED) is 0.399. The van der Waals surface area contributed by atoms with Gasteiger partial charge in [-0.1, -0.05) is 18.2 Å². The van der Waals surface area contributed by atoms with Gasteiger partial charge in [0.15, 0.2) is 0 Å². The van der Waals surface area contributed by atoms with Crippen LogP contribution < -0.4 is 0 Å². The molecule has 3 aliphatic carbocycles. The molecule has 3 fully saturated rings. The number of rotatable bonds is 6. The Balaban J connectivity index is 1.31. The maximum absolute atomic E-state index is 14.6. The molecule has 4 unspecified atom stereocenters. The Bertz CT molecular complexity index is 748. The molecule has 4 rings (SSSR count). The minimum absolute atomic E-state index is 0.249. The molecule has 31 heavy (non-hydrogen) atoms. The van der Waals surface area contributed by atoms with Gasteiger partial charge in [0.25, 0.3) is 0 Å². The number of hydrogen-bond donors (Lipinski definition) is 0. The topological polar surface area (TPSA) is 0 Å². The van der Waals surface area contributed by atoms with E-state index in [1.54, 1.807) is 12.1 Å². The molecule has 170 valence electrons. The lowest BCUT2D eigenvalue weighted by molar-refractivity contribution is 0.0719. The Morgan fingerprint density at radius 2 is 1.42 bits per heavy atom. The fourth-order valence-corrected chi connectivity index (χ4v) is 7.02. The van der Waals surface area contributed by atoms with E-state index in [0.29, 0.717) is 18.8 Å². The van der Waals surface area contributed by atoms with Crippen molar-refractivity contribution in [2.24, 2.45) is 29.6 Å². The van der Waals surface area contributed by atoms with Crippen molar-refractivity contribution in [1.29, 1.82) is 0 Å². The van der Waals surface area contributed by atoms with Crippen molar-refractivity contribution in [3.8, 4) is 0 Å². The Hall–Kier alpha value is -1.44. The largest absolute Gasteiger partial charge is 0.207 e. The van der Waals surface area contributed by atoms with Crippen LogP contribution in [-0.2, 0) is 6.42 Å². The molecule has 0 aliphatic heterocycles. The zero-order valence-corrected chi connectivity index (χ0v) is 19.3. The van der Waals surface area contributed by atoms with Crippen molar-refractivity contribution in [3.63, 3.8) is 0 Å². The second kappa shape index (κ2) is 10.5. The number of benzene rings is 1. The zero-order chi connectivity index (χ0) is 21.8. The molecule has 1 aromatic carbocycles. The highest BCUT2D eigenvalue weighted by Gasteiger charge is 2.38. The van der Waals surface area contributed by atoms with Crippen LogP contribution in [0.3, 0.4) is 0 Å². The van der Waals surface area contributed by atoms with Crippen LogP contribution in [0.4, 0.5) is 8.78 Å². The summed E-state index contributed by atoms with van der Waals surface area (Å²) < 4.78 is 29.2. The fraction of sp³-hybridized carbons (Fsp3) is 0.655. The van der Waals surface area contributed by atoms with Crippen molar-refractivity contribution < 1.29 is 8.78 Å². The minimum Gasteiger partial charge on any atom is -0.207 e. The lowest BCUT2D eigenvalue weighted by Crippen LogP contribution is -2.34. The number of halogens is 2. The van der Waals surface area contributed by atoms with Crippen molar-refractivity contribution in [1.82, 2.24) is 0 Å². The van der Waals surface area contributed by atoms with Crippen LogP contribution in [0.25, 0.3) is 0 Å². The van der Waals surface area contributed by atoms with E-state index in [1.807, 2.05) is 19.1 Å². The summed E-state index contributed by atoms with van der Waals surface area (Å²) in [4.78, 5) is 0. The van der Waals surface area contributed by atoms with Gasteiger partial charge in [0.05, 0.1) is 0 Å². The first-order valence-corrected chi connectivity index (χ1v) is 12.8. The van der Waals surface area contributed by atoms with Crippen molar-refractivity contribution in [3.05, 3.63) is 59.7 Å². The van der Waals surface area contributed by atoms with Gasteiger partial charge in [0.2, 0.25) is 0 Å². The van der Waals surface area contributed by atoms with Gasteiger partial charge < -0.3 is 0 Å². The summed E-state index contributed by atoms with van der Waals surface area (Å²) >= 11 is 0. The SMILES string of the molecule is C=CC1CCC2CC(C3CCC(c4cc(F)c(CC/C=C/C)c(F)c4)CC3)CCC2C1. The van der Waals surface area contributed by atoms with E-state index in [2.05, 4.69) is 12.7 Å². The first-order valence-electron chi connectivity index (χ1n) is 12.8. The molecule has 0 heterocycles. The van der Waals surface area contributed by atoms with Gasteiger partial charge in [-0.25, -0.2) is 8.78 Å². The average Bonchev–Trinajstić information content (AvgIpc) is 2.80. The summed E-state index contributed by atoms with van der Waals surface area (Å²) in [5, 5.41) is 0. The van der Waals surface area contributed by atoms with E-state index in [0.717, 1.165) is 48.0 Å². The molecule has 0 bridgehead atoms. The van der Waals surface area contributed by atoms with E-state index >= 15 is 0 Å². The third-order valence-corrected chi connectivity index (χ3v) is 8.90. The van der Waals surface area contributed by atoms with Crippen molar-refractivity contribution >= 4 is 0 Å². The summed E-state index contributed by atoms with van der Waals surface area (Å²) in [6.45, 7) is 5.96. The minimum atomic E-state index is -0.352. The molecule has 0 saturated heterocycles. The molecule has 0 N–H and O–H groups in total. The molecule has 0 spiro atoms. The molecule has 3 saturated carbocycles. The Morgan fingerprint density at radius 3 is 2.06 bits per heavy atom. The predicted octanol–water partition coefficient (Wildman–Crippen LogP) is 8.77. The molecular weight excluding hydrogens is 386 g/mol. The van der Waals surface area contributed by atoms with E-state index < -0.39 is 0 Å². The number of hydrogen-bond acceptors (Lipinski definition) is 0. The van der Waals surface area contributed by atoms with Crippen molar-refractivity contribution in [2.75, 3.05) is 0 Å². The van der Waals surface area contributed by atoms with Gasteiger partial charge in [0, 0.05) is 5.56 Å². The highest BCUT2D eigenvalue weighted by Crippen LogP contribution is 2.50. The smallest absolute Gasteiger partial charge is 0.129 e. The van der Waals surface area contributed by atoms with Gasteiger partial charge in [-0.3, -0.25) is 0 Å². The molecular formula is C29H40F2. The van der Waals surface area contributed by atoms with Crippen LogP contribution in [0, 0.1) is 41.2 Å². The molecule has 4 atom stereocenters. The van der Waals surface area contributed by atoms with E-state index in [1.165, 1.54) is 51.4 Å². The molecule has 1 aromatic rings. The maximum atomic E-state index is 14.6. The van der Waals surface area contributed by atoms with E-state index in [4.69, 9.17) is 0 Å². The molecule has 0 nitrogen and oxygen atoms in total. The average molecular weight is 427 g/mol. The first-order chi connectivity index (χ1) is 15.1. The summed E-state index contributed by atoms with van der Waals surface area (Å²) in [7, 11) is 0. The van der Waals surface area contributed by atoms with E-state index in [-0.39, 0.29) is 17.2 Å². The van der Waals surface area contributed by atoms with Gasteiger partial charge >= 0.3 is 0 Å². The van der Waals surface area contributed by atoms with Crippen LogP contribution in [0.1, 0.15) is 94.6 Å². The standard InChI is InChI=1S/C29H40F2/c1-3-5-6-7-27-28(30)18-26(19-29(27)31)22-12-10-21(11-13-22)24-15-14-23-16-20(4-2)8-9-25(23)17-24/h3-5,18-25H,2,6-17H2,1H3/b5-3+. The summed E-state index contributed by atoms with van der Waals surface area (Å²) in [5.41, 5.74) is 1.13. The number of fused-ring (bicyclic) bond motifs is 1. The Kier molecular flexibility index (Phi) is 7.67. The van der Waals surface area contributed by atoms with Crippen LogP contribution in [0.5, 0.6) is 0 Å².